The molecule has 0 unspecified atom stereocenters. The van der Waals surface area contributed by atoms with Crippen molar-refractivity contribution < 1.29 is 9.47 Å². The van der Waals surface area contributed by atoms with Crippen LogP contribution in [0.1, 0.15) is 5.69 Å². The standard InChI is InChI=1S/C23H22Cl2N6O3/c1-27-23-29-10-12-8-15(18-19(24)16(33-2)9-17(34-3)20(18)25)22(32)31(21(12)30-23)7-6-14-5-4-13(26)11-28-14/h4-5,8-11H,6-7,26H2,1-3H3,(H,27,29,30). The highest BCUT2D eigenvalue weighted by Gasteiger charge is 2.23. The molecule has 4 aromatic rings. The van der Waals surface area contributed by atoms with E-state index in [0.717, 1.165) is 5.69 Å². The molecular weight excluding hydrogens is 479 g/mol. The Balaban J connectivity index is 1.95. The van der Waals surface area contributed by atoms with Crippen molar-refractivity contribution in [3.63, 3.8) is 0 Å². The van der Waals surface area contributed by atoms with E-state index in [1.54, 1.807) is 42.2 Å². The highest BCUT2D eigenvalue weighted by atomic mass is 35.5. The lowest BCUT2D eigenvalue weighted by atomic mass is 10.0. The summed E-state index contributed by atoms with van der Waals surface area (Å²) in [4.78, 5) is 26.9. The first kappa shape index (κ1) is 23.6. The summed E-state index contributed by atoms with van der Waals surface area (Å²) in [5.41, 5.74) is 7.79. The highest BCUT2D eigenvalue weighted by Crippen LogP contribution is 2.45. The van der Waals surface area contributed by atoms with Crippen LogP contribution >= 0.6 is 23.2 Å². The van der Waals surface area contributed by atoms with E-state index in [1.807, 2.05) is 6.07 Å². The van der Waals surface area contributed by atoms with Crippen LogP contribution in [0.3, 0.4) is 0 Å². The molecule has 0 saturated carbocycles. The Labute approximate surface area is 205 Å². The lowest BCUT2D eigenvalue weighted by molar-refractivity contribution is 0.395. The third-order valence-electron chi connectivity index (χ3n) is 5.33. The summed E-state index contributed by atoms with van der Waals surface area (Å²) < 4.78 is 12.3. The van der Waals surface area contributed by atoms with E-state index < -0.39 is 0 Å². The zero-order valence-electron chi connectivity index (χ0n) is 18.7. The summed E-state index contributed by atoms with van der Waals surface area (Å²) in [6.45, 7) is 0.302. The zero-order chi connectivity index (χ0) is 24.4. The van der Waals surface area contributed by atoms with Gasteiger partial charge in [-0.2, -0.15) is 4.98 Å². The normalized spacial score (nSPS) is 11.0. The van der Waals surface area contributed by atoms with E-state index in [9.17, 15) is 4.79 Å². The van der Waals surface area contributed by atoms with Crippen LogP contribution in [-0.2, 0) is 13.0 Å². The molecule has 0 amide bonds. The van der Waals surface area contributed by atoms with Crippen molar-refractivity contribution in [3.8, 4) is 22.6 Å². The van der Waals surface area contributed by atoms with Crippen LogP contribution in [0.15, 0.2) is 41.5 Å². The summed E-state index contributed by atoms with van der Waals surface area (Å²) in [6, 6.07) is 6.83. The first-order valence-corrected chi connectivity index (χ1v) is 11.0. The molecule has 9 nitrogen and oxygen atoms in total. The molecule has 176 valence electrons. The van der Waals surface area contributed by atoms with Gasteiger partial charge in [0.1, 0.15) is 17.1 Å². The van der Waals surface area contributed by atoms with Crippen molar-refractivity contribution in [2.75, 3.05) is 32.3 Å². The number of hydrogen-bond acceptors (Lipinski definition) is 8. The van der Waals surface area contributed by atoms with Crippen molar-refractivity contribution in [1.82, 2.24) is 19.5 Å². The topological polar surface area (TPSA) is 117 Å². The Bertz CT molecular complexity index is 1400. The first-order valence-electron chi connectivity index (χ1n) is 10.3. The van der Waals surface area contributed by atoms with Gasteiger partial charge < -0.3 is 20.5 Å². The summed E-state index contributed by atoms with van der Waals surface area (Å²) in [6.07, 6.45) is 3.69. The van der Waals surface area contributed by atoms with Crippen molar-refractivity contribution in [1.29, 1.82) is 0 Å². The van der Waals surface area contributed by atoms with Gasteiger partial charge in [-0.05, 0) is 18.2 Å². The van der Waals surface area contributed by atoms with Gasteiger partial charge in [-0.1, -0.05) is 23.2 Å². The van der Waals surface area contributed by atoms with Crippen LogP contribution < -0.4 is 26.1 Å². The minimum absolute atomic E-state index is 0.198. The van der Waals surface area contributed by atoms with Gasteiger partial charge in [0.05, 0.1) is 41.7 Å². The smallest absolute Gasteiger partial charge is 0.260 e. The fourth-order valence-corrected chi connectivity index (χ4v) is 4.30. The summed E-state index contributed by atoms with van der Waals surface area (Å²) in [5, 5.41) is 3.93. The largest absolute Gasteiger partial charge is 0.495 e. The van der Waals surface area contributed by atoms with Crippen LogP contribution in [0.4, 0.5) is 11.6 Å². The Hall–Kier alpha value is -3.56. The maximum atomic E-state index is 13.8. The third kappa shape index (κ3) is 4.32. The summed E-state index contributed by atoms with van der Waals surface area (Å²) in [5.74, 6) is 1.05. The summed E-state index contributed by atoms with van der Waals surface area (Å²) >= 11 is 13.2. The lowest BCUT2D eigenvalue weighted by Gasteiger charge is -2.17. The number of benzene rings is 1. The molecule has 0 bridgehead atoms. The number of fused-ring (bicyclic) bond motifs is 1. The fourth-order valence-electron chi connectivity index (χ4n) is 3.60. The number of ether oxygens (including phenoxy) is 2. The molecule has 0 radical (unpaired) electrons. The highest BCUT2D eigenvalue weighted by molar-refractivity contribution is 6.41. The Morgan fingerprint density at radius 3 is 2.35 bits per heavy atom. The predicted octanol–water partition coefficient (Wildman–Crippen LogP) is 4.04. The second kappa shape index (κ2) is 9.74. The number of nitrogens with two attached hydrogens (primary N) is 1. The third-order valence-corrected chi connectivity index (χ3v) is 6.08. The van der Waals surface area contributed by atoms with Gasteiger partial charge in [-0.25, -0.2) is 4.98 Å². The van der Waals surface area contributed by atoms with Gasteiger partial charge in [0.15, 0.2) is 0 Å². The molecule has 11 heteroatoms. The number of hydrogen-bond donors (Lipinski definition) is 2. The maximum Gasteiger partial charge on any atom is 0.260 e. The van der Waals surface area contributed by atoms with Crippen molar-refractivity contribution in [2.24, 2.45) is 0 Å². The Kier molecular flexibility index (Phi) is 6.76. The predicted molar refractivity (Wildman–Crippen MR) is 134 cm³/mol. The first-order chi connectivity index (χ1) is 16.4. The van der Waals surface area contributed by atoms with Crippen LogP contribution in [-0.4, -0.2) is 40.8 Å². The minimum atomic E-state index is -0.331. The monoisotopic (exact) mass is 500 g/mol. The molecule has 0 atom stereocenters. The average molecular weight is 501 g/mol. The maximum absolute atomic E-state index is 13.8. The number of anilines is 2. The molecule has 34 heavy (non-hydrogen) atoms. The van der Waals surface area contributed by atoms with Gasteiger partial charge >= 0.3 is 0 Å². The number of methoxy groups -OCH3 is 2. The molecule has 0 spiro atoms. The minimum Gasteiger partial charge on any atom is -0.495 e. The van der Waals surface area contributed by atoms with E-state index in [0.29, 0.717) is 52.7 Å². The number of aryl methyl sites for hydroxylation is 2. The van der Waals surface area contributed by atoms with Gasteiger partial charge in [-0.15, -0.1) is 0 Å². The Morgan fingerprint density at radius 2 is 1.76 bits per heavy atom. The molecule has 1 aromatic carbocycles. The quantitative estimate of drug-likeness (QED) is 0.390. The van der Waals surface area contributed by atoms with Gasteiger partial charge in [0.25, 0.3) is 5.56 Å². The van der Waals surface area contributed by atoms with E-state index in [4.69, 9.17) is 38.4 Å². The molecule has 0 saturated heterocycles. The molecule has 4 rings (SSSR count). The van der Waals surface area contributed by atoms with E-state index in [-0.39, 0.29) is 21.2 Å². The second-order valence-corrected chi connectivity index (χ2v) is 8.11. The lowest BCUT2D eigenvalue weighted by Crippen LogP contribution is -2.24. The van der Waals surface area contributed by atoms with Crippen LogP contribution in [0.25, 0.3) is 22.2 Å². The molecular formula is C23H22Cl2N6O3. The molecule has 3 heterocycles. The van der Waals surface area contributed by atoms with Crippen LogP contribution in [0.2, 0.25) is 10.0 Å². The number of aromatic nitrogens is 4. The molecule has 3 N–H and O–H groups in total. The average Bonchev–Trinajstić information content (AvgIpc) is 2.85. The van der Waals surface area contributed by atoms with Crippen molar-refractivity contribution in [3.05, 3.63) is 62.8 Å². The van der Waals surface area contributed by atoms with Crippen molar-refractivity contribution >= 4 is 45.9 Å². The molecule has 0 aliphatic carbocycles. The molecule has 0 fully saturated rings. The van der Waals surface area contributed by atoms with Crippen LogP contribution in [0, 0.1) is 0 Å². The molecule has 0 aliphatic heterocycles. The SMILES string of the molecule is CNc1ncc2cc(-c3c(Cl)c(OC)cc(OC)c3Cl)c(=O)n(CCc3ccc(N)cn3)c2n1. The number of halogens is 2. The van der Waals surface area contributed by atoms with Crippen molar-refractivity contribution in [2.45, 2.75) is 13.0 Å². The number of nitrogen functional groups attached to an aromatic ring is 1. The number of nitrogens with one attached hydrogen (secondary N) is 1. The van der Waals surface area contributed by atoms with E-state index in [1.165, 1.54) is 14.2 Å². The summed E-state index contributed by atoms with van der Waals surface area (Å²) in [7, 11) is 4.66. The number of pyridine rings is 2. The van der Waals surface area contributed by atoms with E-state index in [2.05, 4.69) is 20.3 Å². The number of nitrogens with zero attached hydrogens (tertiary/aromatic N) is 4. The second-order valence-electron chi connectivity index (χ2n) is 7.35. The van der Waals surface area contributed by atoms with Gasteiger partial charge in [0.2, 0.25) is 5.95 Å². The zero-order valence-corrected chi connectivity index (χ0v) is 20.2. The Morgan fingerprint density at radius 1 is 1.06 bits per heavy atom. The number of rotatable bonds is 7. The molecule has 0 aliphatic rings. The van der Waals surface area contributed by atoms with Gasteiger partial charge in [0, 0.05) is 48.9 Å². The fraction of sp³-hybridized carbons (Fsp3) is 0.217. The molecule has 3 aromatic heterocycles. The van der Waals surface area contributed by atoms with Crippen LogP contribution in [0.5, 0.6) is 11.5 Å². The van der Waals surface area contributed by atoms with Gasteiger partial charge in [-0.3, -0.25) is 14.3 Å². The van der Waals surface area contributed by atoms with E-state index >= 15 is 0 Å².